The number of carbonyl (C=O) groups excluding carboxylic acids is 1. The van der Waals surface area contributed by atoms with Gasteiger partial charge < -0.3 is 0 Å². The van der Waals surface area contributed by atoms with E-state index in [1.807, 2.05) is 0 Å². The molecule has 100 valence electrons. The third-order valence-corrected chi connectivity index (χ3v) is 3.18. The van der Waals surface area contributed by atoms with Crippen LogP contribution in [-0.2, 0) is 4.79 Å². The van der Waals surface area contributed by atoms with Crippen LogP contribution in [0.3, 0.4) is 0 Å². The Kier molecular flexibility index (Phi) is 13.0. The van der Waals surface area contributed by atoms with E-state index in [4.69, 9.17) is 0 Å². The highest BCUT2D eigenvalue weighted by Crippen LogP contribution is 2.11. The molecule has 0 unspecified atom stereocenters. The van der Waals surface area contributed by atoms with Crippen molar-refractivity contribution in [3.05, 3.63) is 12.7 Å². The minimum atomic E-state index is 0.347. The van der Waals surface area contributed by atoms with Crippen LogP contribution in [0.15, 0.2) is 12.7 Å². The molecule has 0 aromatic heterocycles. The second-order valence-electron chi connectivity index (χ2n) is 4.96. The Balaban J connectivity index is 3.03. The summed E-state index contributed by atoms with van der Waals surface area (Å²) in [4.78, 5) is 11.2. The first-order valence-corrected chi connectivity index (χ1v) is 7.43. The van der Waals surface area contributed by atoms with Crippen LogP contribution < -0.4 is 0 Å². The number of carbonyl (C=O) groups is 1. The molecule has 0 atom stereocenters. The third-order valence-electron chi connectivity index (χ3n) is 3.18. The topological polar surface area (TPSA) is 17.1 Å². The zero-order valence-corrected chi connectivity index (χ0v) is 11.7. The van der Waals surface area contributed by atoms with Crippen molar-refractivity contribution in [2.24, 2.45) is 0 Å². The molecule has 0 saturated heterocycles. The molecule has 0 saturated carbocycles. The first-order valence-electron chi connectivity index (χ1n) is 7.43. The molecule has 0 N–H and O–H groups in total. The van der Waals surface area contributed by atoms with Crippen LogP contribution in [-0.4, -0.2) is 5.78 Å². The lowest BCUT2D eigenvalue weighted by molar-refractivity contribution is -0.118. The Morgan fingerprint density at radius 3 is 1.82 bits per heavy atom. The zero-order valence-electron chi connectivity index (χ0n) is 11.7. The Hall–Kier alpha value is -0.590. The molecule has 0 radical (unpaired) electrons. The molecule has 0 aromatic carbocycles. The maximum absolute atomic E-state index is 11.2. The van der Waals surface area contributed by atoms with Gasteiger partial charge in [0.15, 0.2) is 0 Å². The fourth-order valence-corrected chi connectivity index (χ4v) is 2.07. The van der Waals surface area contributed by atoms with Crippen molar-refractivity contribution in [1.29, 1.82) is 0 Å². The van der Waals surface area contributed by atoms with Gasteiger partial charge in [0.1, 0.15) is 5.78 Å². The molecule has 0 bridgehead atoms. The van der Waals surface area contributed by atoms with E-state index in [2.05, 4.69) is 13.5 Å². The average molecular weight is 238 g/mol. The average Bonchev–Trinajstić information content (AvgIpc) is 2.32. The van der Waals surface area contributed by atoms with E-state index in [9.17, 15) is 4.79 Å². The summed E-state index contributed by atoms with van der Waals surface area (Å²) in [5, 5.41) is 0. The predicted molar refractivity (Wildman–Crippen MR) is 76.3 cm³/mol. The molecule has 0 rings (SSSR count). The van der Waals surface area contributed by atoms with Crippen LogP contribution in [0, 0.1) is 0 Å². The summed E-state index contributed by atoms with van der Waals surface area (Å²) >= 11 is 0. The number of hydrogen-bond donors (Lipinski definition) is 0. The van der Waals surface area contributed by atoms with Gasteiger partial charge in [-0.2, -0.15) is 0 Å². The van der Waals surface area contributed by atoms with Gasteiger partial charge in [-0.3, -0.25) is 4.79 Å². The molecule has 0 amide bonds. The zero-order chi connectivity index (χ0) is 12.8. The molecule has 0 spiro atoms. The molecule has 0 aromatic rings. The van der Waals surface area contributed by atoms with Gasteiger partial charge in [0, 0.05) is 12.8 Å². The lowest BCUT2D eigenvalue weighted by atomic mass is 10.0. The summed E-state index contributed by atoms with van der Waals surface area (Å²) in [7, 11) is 0. The third kappa shape index (κ3) is 13.3. The normalized spacial score (nSPS) is 10.4. The molecule has 0 aliphatic carbocycles. The van der Waals surface area contributed by atoms with Crippen LogP contribution >= 0.6 is 0 Å². The van der Waals surface area contributed by atoms with Gasteiger partial charge in [0.05, 0.1) is 0 Å². The monoisotopic (exact) mass is 238 g/mol. The Morgan fingerprint density at radius 1 is 0.882 bits per heavy atom. The van der Waals surface area contributed by atoms with Crippen molar-refractivity contribution in [2.75, 3.05) is 0 Å². The second kappa shape index (κ2) is 13.5. The summed E-state index contributed by atoms with van der Waals surface area (Å²) in [6, 6.07) is 0. The second-order valence-corrected chi connectivity index (χ2v) is 4.96. The van der Waals surface area contributed by atoms with E-state index in [0.29, 0.717) is 12.2 Å². The van der Waals surface area contributed by atoms with Crippen molar-refractivity contribution in [1.82, 2.24) is 0 Å². The number of hydrogen-bond acceptors (Lipinski definition) is 1. The first-order chi connectivity index (χ1) is 8.31. The highest BCUT2D eigenvalue weighted by atomic mass is 16.1. The highest BCUT2D eigenvalue weighted by Gasteiger charge is 1.98. The van der Waals surface area contributed by atoms with Crippen molar-refractivity contribution in [3.8, 4) is 0 Å². The first kappa shape index (κ1) is 16.4. The van der Waals surface area contributed by atoms with E-state index in [0.717, 1.165) is 12.8 Å². The molecule has 0 heterocycles. The van der Waals surface area contributed by atoms with Gasteiger partial charge in [0.2, 0.25) is 0 Å². The number of allylic oxidation sites excluding steroid dienone is 1. The summed E-state index contributed by atoms with van der Waals surface area (Å²) in [6.07, 6.45) is 16.3. The maximum atomic E-state index is 11.2. The summed E-state index contributed by atoms with van der Waals surface area (Å²) in [5.74, 6) is 0.347. The van der Waals surface area contributed by atoms with E-state index < -0.39 is 0 Å². The molecule has 0 aliphatic rings. The van der Waals surface area contributed by atoms with Crippen LogP contribution in [0.2, 0.25) is 0 Å². The van der Waals surface area contributed by atoms with Crippen LogP contribution in [0.1, 0.15) is 84.0 Å². The standard InChI is InChI=1S/C16H30O/c1-3-5-6-7-8-9-10-11-12-13-15-16(17)14-4-2/h4H,2-3,5-15H2,1H3. The molecular weight excluding hydrogens is 208 g/mol. The molecular formula is C16H30O. The van der Waals surface area contributed by atoms with E-state index in [1.54, 1.807) is 6.08 Å². The Labute approximate surface area is 108 Å². The van der Waals surface area contributed by atoms with Gasteiger partial charge >= 0.3 is 0 Å². The SMILES string of the molecule is C=CCC(=O)CCCCCCCCCCCC. The van der Waals surface area contributed by atoms with Crippen LogP contribution in [0.5, 0.6) is 0 Å². The largest absolute Gasteiger partial charge is 0.299 e. The van der Waals surface area contributed by atoms with Crippen molar-refractivity contribution < 1.29 is 4.79 Å². The lowest BCUT2D eigenvalue weighted by Gasteiger charge is -2.01. The quantitative estimate of drug-likeness (QED) is 0.308. The molecule has 17 heavy (non-hydrogen) atoms. The van der Waals surface area contributed by atoms with Gasteiger partial charge in [0.25, 0.3) is 0 Å². The summed E-state index contributed by atoms with van der Waals surface area (Å²) < 4.78 is 0. The lowest BCUT2D eigenvalue weighted by Crippen LogP contribution is -1.94. The fraction of sp³-hybridized carbons (Fsp3) is 0.812. The van der Waals surface area contributed by atoms with Gasteiger partial charge in [-0.05, 0) is 6.42 Å². The summed E-state index contributed by atoms with van der Waals surface area (Å²) in [5.41, 5.74) is 0. The predicted octanol–water partition coefficient (Wildman–Crippen LogP) is 5.44. The van der Waals surface area contributed by atoms with E-state index >= 15 is 0 Å². The van der Waals surface area contributed by atoms with Crippen molar-refractivity contribution in [2.45, 2.75) is 84.0 Å². The molecule has 1 heteroatoms. The molecule has 1 nitrogen and oxygen atoms in total. The summed E-state index contributed by atoms with van der Waals surface area (Å²) in [6.45, 7) is 5.84. The molecule has 0 fully saturated rings. The van der Waals surface area contributed by atoms with E-state index in [-0.39, 0.29) is 0 Å². The fourth-order valence-electron chi connectivity index (χ4n) is 2.07. The number of unbranched alkanes of at least 4 members (excludes halogenated alkanes) is 9. The van der Waals surface area contributed by atoms with Gasteiger partial charge in [-0.15, -0.1) is 6.58 Å². The Morgan fingerprint density at radius 2 is 1.35 bits per heavy atom. The minimum Gasteiger partial charge on any atom is -0.299 e. The number of rotatable bonds is 13. The molecule has 0 aliphatic heterocycles. The van der Waals surface area contributed by atoms with Crippen molar-refractivity contribution >= 4 is 5.78 Å². The maximum Gasteiger partial charge on any atom is 0.136 e. The minimum absolute atomic E-state index is 0.347. The van der Waals surface area contributed by atoms with Gasteiger partial charge in [-0.1, -0.05) is 70.8 Å². The van der Waals surface area contributed by atoms with Gasteiger partial charge in [-0.25, -0.2) is 0 Å². The smallest absolute Gasteiger partial charge is 0.136 e. The van der Waals surface area contributed by atoms with Crippen LogP contribution in [0.25, 0.3) is 0 Å². The van der Waals surface area contributed by atoms with E-state index in [1.165, 1.54) is 57.8 Å². The van der Waals surface area contributed by atoms with Crippen LogP contribution in [0.4, 0.5) is 0 Å². The number of Topliss-reactive ketones (excluding diaryl/α,β-unsaturated/α-hetero) is 1. The van der Waals surface area contributed by atoms with Crippen molar-refractivity contribution in [3.63, 3.8) is 0 Å². The Bertz CT molecular complexity index is 184. The highest BCUT2D eigenvalue weighted by molar-refractivity contribution is 5.79. The number of ketones is 1.